The van der Waals surface area contributed by atoms with Gasteiger partial charge in [-0.2, -0.15) is 11.8 Å². The summed E-state index contributed by atoms with van der Waals surface area (Å²) in [6, 6.07) is -2.22. The van der Waals surface area contributed by atoms with Crippen molar-refractivity contribution >= 4 is 35.6 Å². The monoisotopic (exact) mass is 630 g/mol. The van der Waals surface area contributed by atoms with Crippen LogP contribution in [-0.4, -0.2) is 97.3 Å². The Bertz CT molecular complexity index is 907. The van der Waals surface area contributed by atoms with Crippen molar-refractivity contribution in [2.24, 2.45) is 23.7 Å². The van der Waals surface area contributed by atoms with Crippen molar-refractivity contribution < 1.29 is 38.5 Å². The number of amides is 4. The van der Waals surface area contributed by atoms with Gasteiger partial charge in [-0.3, -0.25) is 14.4 Å². The van der Waals surface area contributed by atoms with Gasteiger partial charge in [0, 0.05) is 18.2 Å². The number of hydrogen-bond donors (Lipinski definition) is 5. The quantitative estimate of drug-likeness (QED) is 0.153. The number of thioether (sulfide) groups is 1. The van der Waals surface area contributed by atoms with Crippen LogP contribution < -0.4 is 21.3 Å². The SMILES string of the molecule is CCC[C@H](C[C@H](O)[C@H](CC(C)C)NC(=O)[C@H](CSC)NC(=O)O[C@H]1CO[C@H]2OCCC21)C(=O)N[C@H](C(=O)NCC)C(C)C. The van der Waals surface area contributed by atoms with Gasteiger partial charge in [0.05, 0.1) is 31.3 Å². The summed E-state index contributed by atoms with van der Waals surface area (Å²) in [4.78, 5) is 52.0. The van der Waals surface area contributed by atoms with E-state index < -0.39 is 48.3 Å². The minimum atomic E-state index is -1.02. The summed E-state index contributed by atoms with van der Waals surface area (Å²) < 4.78 is 16.6. The summed E-state index contributed by atoms with van der Waals surface area (Å²) in [5.41, 5.74) is 0. The number of hydrogen-bond acceptors (Lipinski definition) is 9. The first kappa shape index (κ1) is 37.1. The van der Waals surface area contributed by atoms with E-state index >= 15 is 0 Å². The molecular formula is C30H54N4O8S. The van der Waals surface area contributed by atoms with Crippen LogP contribution in [0.2, 0.25) is 0 Å². The second-order valence-corrected chi connectivity index (χ2v) is 13.2. The lowest BCUT2D eigenvalue weighted by molar-refractivity contribution is -0.133. The van der Waals surface area contributed by atoms with Crippen molar-refractivity contribution in [3.8, 4) is 0 Å². The van der Waals surface area contributed by atoms with E-state index in [0.717, 1.165) is 6.42 Å². The molecule has 4 amide bonds. The molecule has 0 radical (unpaired) electrons. The summed E-state index contributed by atoms with van der Waals surface area (Å²) in [6.45, 7) is 12.8. The minimum Gasteiger partial charge on any atom is -0.443 e. The molecule has 2 fully saturated rings. The average molecular weight is 631 g/mol. The summed E-state index contributed by atoms with van der Waals surface area (Å²) in [7, 11) is 0. The molecule has 12 nitrogen and oxygen atoms in total. The summed E-state index contributed by atoms with van der Waals surface area (Å²) in [6.07, 6.45) is 1.87. The van der Waals surface area contributed by atoms with Crippen LogP contribution in [-0.2, 0) is 28.6 Å². The van der Waals surface area contributed by atoms with Crippen LogP contribution in [0.5, 0.6) is 0 Å². The molecule has 5 N–H and O–H groups in total. The maximum absolute atomic E-state index is 13.4. The normalized spacial score (nSPS) is 23.2. The van der Waals surface area contributed by atoms with Crippen LogP contribution >= 0.6 is 11.8 Å². The second-order valence-electron chi connectivity index (χ2n) is 12.3. The molecule has 2 rings (SSSR count). The van der Waals surface area contributed by atoms with Crippen LogP contribution in [0, 0.1) is 23.7 Å². The van der Waals surface area contributed by atoms with Crippen LogP contribution in [0.15, 0.2) is 0 Å². The standard InChI is InChI=1S/C30H54N4O8S/c1-8-10-19(26(36)34-25(18(5)6)28(38)31-9-2)14-23(35)21(13-17(3)4)32-27(37)22(16-43-7)33-30(39)42-24-15-41-29-20(24)11-12-40-29/h17-25,29,35H,8-16H2,1-7H3,(H,31,38)(H,32,37)(H,33,39)(H,34,36)/t19-,20?,21+,22+,23+,24+,25+,29-/m1/s1. The lowest BCUT2D eigenvalue weighted by Gasteiger charge is -2.31. The molecular weight excluding hydrogens is 576 g/mol. The molecule has 13 heteroatoms. The van der Waals surface area contributed by atoms with E-state index in [9.17, 15) is 24.3 Å². The smallest absolute Gasteiger partial charge is 0.408 e. The van der Waals surface area contributed by atoms with E-state index in [4.69, 9.17) is 14.2 Å². The third-order valence-electron chi connectivity index (χ3n) is 7.83. The van der Waals surface area contributed by atoms with E-state index in [0.29, 0.717) is 38.2 Å². The van der Waals surface area contributed by atoms with Crippen molar-refractivity contribution in [3.63, 3.8) is 0 Å². The van der Waals surface area contributed by atoms with E-state index in [-0.39, 0.29) is 48.9 Å². The summed E-state index contributed by atoms with van der Waals surface area (Å²) in [5, 5.41) is 22.6. The molecule has 2 aliphatic rings. The topological polar surface area (TPSA) is 164 Å². The maximum atomic E-state index is 13.4. The van der Waals surface area contributed by atoms with Crippen LogP contribution in [0.25, 0.3) is 0 Å². The third-order valence-corrected chi connectivity index (χ3v) is 8.50. The van der Waals surface area contributed by atoms with Gasteiger partial charge in [0.2, 0.25) is 17.7 Å². The fourth-order valence-corrected chi connectivity index (χ4v) is 6.13. The predicted octanol–water partition coefficient (Wildman–Crippen LogP) is 2.18. The van der Waals surface area contributed by atoms with E-state index in [1.165, 1.54) is 11.8 Å². The Morgan fingerprint density at radius 2 is 1.70 bits per heavy atom. The Kier molecular flexibility index (Phi) is 16.1. The molecule has 0 aromatic rings. The number of carbonyl (C=O) groups is 4. The molecule has 0 aromatic heterocycles. The molecule has 2 heterocycles. The van der Waals surface area contributed by atoms with Gasteiger partial charge in [0.1, 0.15) is 18.2 Å². The Balaban J connectivity index is 2.07. The average Bonchev–Trinajstić information content (AvgIpc) is 3.55. The highest BCUT2D eigenvalue weighted by Crippen LogP contribution is 2.33. The lowest BCUT2D eigenvalue weighted by atomic mass is 9.88. The van der Waals surface area contributed by atoms with E-state index in [1.807, 2.05) is 47.8 Å². The Morgan fingerprint density at radius 3 is 2.30 bits per heavy atom. The number of likely N-dealkylation sites (N-methyl/N-ethyl adjacent to an activating group) is 1. The van der Waals surface area contributed by atoms with Gasteiger partial charge in [-0.25, -0.2) is 4.79 Å². The molecule has 1 unspecified atom stereocenters. The first-order valence-corrected chi connectivity index (χ1v) is 17.1. The van der Waals surface area contributed by atoms with Crippen molar-refractivity contribution in [2.75, 3.05) is 31.8 Å². The molecule has 8 atom stereocenters. The zero-order chi connectivity index (χ0) is 32.1. The fourth-order valence-electron chi connectivity index (χ4n) is 5.56. The Hall–Kier alpha value is -2.09. The number of aliphatic hydroxyl groups excluding tert-OH is 1. The van der Waals surface area contributed by atoms with Crippen LogP contribution in [0.1, 0.15) is 73.6 Å². The molecule has 2 aliphatic heterocycles. The van der Waals surface area contributed by atoms with E-state index in [2.05, 4.69) is 21.3 Å². The zero-order valence-corrected chi connectivity index (χ0v) is 27.7. The number of aliphatic hydroxyl groups is 1. The Labute approximate surface area is 260 Å². The number of alkyl carbamates (subject to hydrolysis) is 1. The van der Waals surface area contributed by atoms with E-state index in [1.54, 1.807) is 0 Å². The predicted molar refractivity (Wildman–Crippen MR) is 165 cm³/mol. The number of fused-ring (bicyclic) bond motifs is 1. The molecule has 43 heavy (non-hydrogen) atoms. The van der Waals surface area contributed by atoms with Gasteiger partial charge >= 0.3 is 6.09 Å². The highest BCUT2D eigenvalue weighted by Gasteiger charge is 2.44. The molecule has 248 valence electrons. The fraction of sp³-hybridized carbons (Fsp3) is 0.867. The molecule has 0 bridgehead atoms. The number of nitrogens with one attached hydrogen (secondary N) is 4. The molecule has 2 saturated heterocycles. The van der Waals surface area contributed by atoms with Gasteiger partial charge < -0.3 is 40.6 Å². The highest BCUT2D eigenvalue weighted by molar-refractivity contribution is 7.98. The maximum Gasteiger partial charge on any atom is 0.408 e. The number of carbonyl (C=O) groups excluding carboxylic acids is 4. The second kappa shape index (κ2) is 18.7. The first-order valence-electron chi connectivity index (χ1n) is 15.7. The number of rotatable bonds is 18. The highest BCUT2D eigenvalue weighted by atomic mass is 32.2. The molecule has 0 spiro atoms. The van der Waals surface area contributed by atoms with Crippen LogP contribution in [0.3, 0.4) is 0 Å². The van der Waals surface area contributed by atoms with Crippen molar-refractivity contribution in [1.82, 2.24) is 21.3 Å². The number of ether oxygens (including phenoxy) is 3. The molecule has 0 aliphatic carbocycles. The van der Waals surface area contributed by atoms with Gasteiger partial charge in [-0.05, 0) is 50.7 Å². The van der Waals surface area contributed by atoms with Gasteiger partial charge in [0.25, 0.3) is 0 Å². The van der Waals surface area contributed by atoms with Gasteiger partial charge in [-0.1, -0.05) is 41.0 Å². The largest absolute Gasteiger partial charge is 0.443 e. The summed E-state index contributed by atoms with van der Waals surface area (Å²) in [5.74, 6) is -1.21. The van der Waals surface area contributed by atoms with Gasteiger partial charge in [0.15, 0.2) is 6.29 Å². The Morgan fingerprint density at radius 1 is 0.977 bits per heavy atom. The first-order chi connectivity index (χ1) is 20.4. The van der Waals surface area contributed by atoms with Gasteiger partial charge in [-0.15, -0.1) is 0 Å². The lowest BCUT2D eigenvalue weighted by Crippen LogP contribution is -2.55. The molecule has 0 saturated carbocycles. The zero-order valence-electron chi connectivity index (χ0n) is 26.9. The third kappa shape index (κ3) is 11.7. The van der Waals surface area contributed by atoms with Crippen molar-refractivity contribution in [3.05, 3.63) is 0 Å². The molecule has 0 aromatic carbocycles. The summed E-state index contributed by atoms with van der Waals surface area (Å²) >= 11 is 1.40. The van der Waals surface area contributed by atoms with Crippen molar-refractivity contribution in [1.29, 1.82) is 0 Å². The van der Waals surface area contributed by atoms with Crippen LogP contribution in [0.4, 0.5) is 4.79 Å². The minimum absolute atomic E-state index is 0.0192. The van der Waals surface area contributed by atoms with Crippen molar-refractivity contribution in [2.45, 2.75) is 110 Å².